The number of carboxylic acid groups (broad SMARTS) is 2. The largest absolute Gasteiger partial charge is 0.502 e. The maximum Gasteiger partial charge on any atom is 0.341 e. The van der Waals surface area contributed by atoms with Gasteiger partial charge in [0.2, 0.25) is 11.6 Å². The normalized spacial score (nSPS) is 10.1. The van der Waals surface area contributed by atoms with Crippen LogP contribution in [0.4, 0.5) is 11.4 Å². The Morgan fingerprint density at radius 1 is 1.16 bits per heavy atom. The van der Waals surface area contributed by atoms with Gasteiger partial charge in [-0.1, -0.05) is 6.07 Å². The monoisotopic (exact) mass is 501 g/mol. The van der Waals surface area contributed by atoms with Gasteiger partial charge in [0.15, 0.2) is 6.61 Å². The number of ether oxygens (including phenoxy) is 1. The average molecular weight is 501 g/mol. The van der Waals surface area contributed by atoms with Gasteiger partial charge in [0.1, 0.15) is 5.75 Å². The molecule has 3 aromatic rings. The Kier molecular flexibility index (Phi) is 7.83. The second-order valence-electron chi connectivity index (χ2n) is 8.07. The van der Waals surface area contributed by atoms with Crippen LogP contribution in [0.15, 0.2) is 53.0 Å². The highest BCUT2D eigenvalue weighted by atomic mass is 16.5. The molecule has 0 aliphatic heterocycles. The molecule has 2 aromatic carbocycles. The molecule has 0 fully saturated rings. The quantitative estimate of drug-likeness (QED) is 0.312. The summed E-state index contributed by atoms with van der Waals surface area (Å²) >= 11 is 0. The summed E-state index contributed by atoms with van der Waals surface area (Å²) in [7, 11) is 3.65. The summed E-state index contributed by atoms with van der Waals surface area (Å²) in [6.45, 7) is 8.44. The molecule has 0 saturated carbocycles. The summed E-state index contributed by atoms with van der Waals surface area (Å²) in [5.74, 6) is -2.66. The van der Waals surface area contributed by atoms with Gasteiger partial charge in [-0.3, -0.25) is 9.36 Å². The number of aliphatic carboxylic acids is 1. The zero-order valence-electron chi connectivity index (χ0n) is 20.2. The molecule has 37 heavy (non-hydrogen) atoms. The Hall–Kier alpha value is -5.26. The van der Waals surface area contributed by atoms with Gasteiger partial charge in [0, 0.05) is 37.0 Å². The van der Waals surface area contributed by atoms with Crippen LogP contribution in [0.2, 0.25) is 0 Å². The highest BCUT2D eigenvalue weighted by molar-refractivity contribution is 5.88. The van der Waals surface area contributed by atoms with Crippen LogP contribution >= 0.6 is 0 Å². The highest BCUT2D eigenvalue weighted by Gasteiger charge is 2.19. The molecule has 0 atom stereocenters. The third kappa shape index (κ3) is 5.70. The standard InChI is InChI=1S/C27H23N3O7/c1-16-21(10-6-7-17-11-12-19(29(3)4)14-22(17)37-15-23(31)32)25(33)30(26(34)24(16)28-2)20-9-5-8-18(13-20)27(35)36/h5,7-14,34H,15H2,1,3-4H3,(H,31,32)(H,35,36). The van der Waals surface area contributed by atoms with E-state index in [-0.39, 0.29) is 28.1 Å². The fourth-order valence-electron chi connectivity index (χ4n) is 3.50. The van der Waals surface area contributed by atoms with Gasteiger partial charge in [-0.2, -0.15) is 0 Å². The molecule has 0 bridgehead atoms. The van der Waals surface area contributed by atoms with Crippen molar-refractivity contribution in [1.29, 1.82) is 0 Å². The van der Waals surface area contributed by atoms with Crippen LogP contribution in [0.5, 0.6) is 11.6 Å². The number of carbonyl (C=O) groups is 2. The smallest absolute Gasteiger partial charge is 0.341 e. The molecule has 0 aliphatic carbocycles. The lowest BCUT2D eigenvalue weighted by atomic mass is 10.1. The molecule has 0 unspecified atom stereocenters. The number of carboxylic acids is 2. The Bertz CT molecular complexity index is 1560. The van der Waals surface area contributed by atoms with Gasteiger partial charge in [0.25, 0.3) is 5.56 Å². The molecule has 0 amide bonds. The second-order valence-corrected chi connectivity index (χ2v) is 8.07. The van der Waals surface area contributed by atoms with Gasteiger partial charge in [0.05, 0.1) is 17.8 Å². The number of aromatic nitrogens is 1. The van der Waals surface area contributed by atoms with E-state index >= 15 is 0 Å². The lowest BCUT2D eigenvalue weighted by Gasteiger charge is -2.15. The average Bonchev–Trinajstić information content (AvgIpc) is 2.85. The van der Waals surface area contributed by atoms with Crippen molar-refractivity contribution in [2.45, 2.75) is 6.92 Å². The van der Waals surface area contributed by atoms with E-state index in [2.05, 4.69) is 10.6 Å². The van der Waals surface area contributed by atoms with Crippen LogP contribution in [0.3, 0.4) is 0 Å². The number of anilines is 1. The van der Waals surface area contributed by atoms with E-state index in [1.165, 1.54) is 43.3 Å². The summed E-state index contributed by atoms with van der Waals surface area (Å²) in [4.78, 5) is 40.9. The summed E-state index contributed by atoms with van der Waals surface area (Å²) in [6.07, 6.45) is 2.83. The van der Waals surface area contributed by atoms with Gasteiger partial charge in [-0.15, -0.1) is 5.73 Å². The van der Waals surface area contributed by atoms with Gasteiger partial charge in [-0.25, -0.2) is 14.4 Å². The van der Waals surface area contributed by atoms with Crippen LogP contribution in [0, 0.1) is 13.5 Å². The Morgan fingerprint density at radius 3 is 2.51 bits per heavy atom. The van der Waals surface area contributed by atoms with Crippen LogP contribution in [-0.4, -0.2) is 52.5 Å². The van der Waals surface area contributed by atoms with E-state index in [0.717, 1.165) is 10.3 Å². The zero-order chi connectivity index (χ0) is 27.3. The molecule has 0 radical (unpaired) electrons. The summed E-state index contributed by atoms with van der Waals surface area (Å²) in [6, 6.07) is 10.6. The second kappa shape index (κ2) is 11.0. The van der Waals surface area contributed by atoms with Crippen molar-refractivity contribution in [2.24, 2.45) is 0 Å². The maximum absolute atomic E-state index is 13.3. The molecule has 0 aliphatic rings. The minimum atomic E-state index is -1.21. The number of pyridine rings is 1. The van der Waals surface area contributed by atoms with E-state index in [9.17, 15) is 24.6 Å². The summed E-state index contributed by atoms with van der Waals surface area (Å²) < 4.78 is 6.27. The molecule has 0 saturated heterocycles. The number of aromatic hydroxyl groups is 1. The minimum absolute atomic E-state index is 0.0543. The van der Waals surface area contributed by atoms with Gasteiger partial charge >= 0.3 is 11.9 Å². The fourth-order valence-corrected chi connectivity index (χ4v) is 3.50. The minimum Gasteiger partial charge on any atom is -0.502 e. The lowest BCUT2D eigenvalue weighted by Crippen LogP contribution is -2.22. The molecular formula is C27H23N3O7. The number of hydrogen-bond acceptors (Lipinski definition) is 6. The van der Waals surface area contributed by atoms with Crippen molar-refractivity contribution in [3.8, 4) is 17.3 Å². The first kappa shape index (κ1) is 26.3. The molecule has 10 heteroatoms. The molecule has 3 rings (SSSR count). The summed E-state index contributed by atoms with van der Waals surface area (Å²) in [5.41, 5.74) is 3.55. The number of rotatable bonds is 8. The molecule has 1 heterocycles. The van der Waals surface area contributed by atoms with Crippen molar-refractivity contribution >= 4 is 35.5 Å². The predicted octanol–water partition coefficient (Wildman–Crippen LogP) is 3.96. The first-order valence-corrected chi connectivity index (χ1v) is 10.8. The SMILES string of the molecule is [C-]#[N+]c1c(C)c(C=C=Cc2ccc(N(C)C)cc2OCC(=O)O)c(=O)n(-c2cccc(C(=O)O)c2)c1O. The van der Waals surface area contributed by atoms with Crippen LogP contribution in [0.25, 0.3) is 22.7 Å². The Balaban J connectivity index is 2.17. The first-order chi connectivity index (χ1) is 17.5. The van der Waals surface area contributed by atoms with Crippen LogP contribution in [-0.2, 0) is 4.79 Å². The third-order valence-electron chi connectivity index (χ3n) is 5.41. The van der Waals surface area contributed by atoms with E-state index in [1.807, 2.05) is 19.0 Å². The van der Waals surface area contributed by atoms with Gasteiger partial charge in [-0.05, 0) is 55.0 Å². The molecular weight excluding hydrogens is 478 g/mol. The molecule has 3 N–H and O–H groups in total. The molecule has 10 nitrogen and oxygen atoms in total. The molecule has 0 spiro atoms. The molecule has 1 aromatic heterocycles. The number of benzene rings is 2. The summed E-state index contributed by atoms with van der Waals surface area (Å²) in [5, 5.41) is 28.9. The Morgan fingerprint density at radius 2 is 1.89 bits per heavy atom. The van der Waals surface area contributed by atoms with E-state index in [1.54, 1.807) is 18.2 Å². The number of nitrogens with zero attached hydrogens (tertiary/aromatic N) is 3. The fraction of sp³-hybridized carbons (Fsp3) is 0.148. The topological polar surface area (TPSA) is 134 Å². The van der Waals surface area contributed by atoms with Crippen LogP contribution in [0.1, 0.15) is 27.0 Å². The van der Waals surface area contributed by atoms with E-state index < -0.39 is 30.0 Å². The van der Waals surface area contributed by atoms with Crippen LogP contribution < -0.4 is 15.2 Å². The first-order valence-electron chi connectivity index (χ1n) is 10.8. The van der Waals surface area contributed by atoms with Crippen molar-refractivity contribution in [3.05, 3.63) is 92.2 Å². The lowest BCUT2D eigenvalue weighted by molar-refractivity contribution is -0.139. The van der Waals surface area contributed by atoms with Crippen molar-refractivity contribution in [1.82, 2.24) is 4.57 Å². The highest BCUT2D eigenvalue weighted by Crippen LogP contribution is 2.33. The molecule has 188 valence electrons. The predicted molar refractivity (Wildman–Crippen MR) is 138 cm³/mol. The van der Waals surface area contributed by atoms with Crippen molar-refractivity contribution < 1.29 is 29.6 Å². The third-order valence-corrected chi connectivity index (χ3v) is 5.41. The Labute approximate surface area is 212 Å². The van der Waals surface area contributed by atoms with E-state index in [0.29, 0.717) is 11.3 Å². The number of hydrogen-bond donors (Lipinski definition) is 3. The van der Waals surface area contributed by atoms with Gasteiger partial charge < -0.3 is 25.0 Å². The van der Waals surface area contributed by atoms with Crippen molar-refractivity contribution in [2.75, 3.05) is 25.6 Å². The van der Waals surface area contributed by atoms with E-state index in [4.69, 9.17) is 16.4 Å². The zero-order valence-corrected chi connectivity index (χ0v) is 20.2. The maximum atomic E-state index is 13.3. The van der Waals surface area contributed by atoms with Crippen molar-refractivity contribution in [3.63, 3.8) is 0 Å². The number of aromatic carboxylic acids is 1.